The number of piperidine rings is 1. The fraction of sp³-hybridized carbons (Fsp3) is 0.476. The first-order valence-electron chi connectivity index (χ1n) is 10.1. The molecule has 0 spiro atoms. The SMILES string of the molecule is NC(=O)CCC1CCCN(CC(=O)N2N=C(c3cccs3)CC2c2ccco2)C1. The molecule has 1 saturated heterocycles. The second-order valence-electron chi connectivity index (χ2n) is 7.75. The highest BCUT2D eigenvalue weighted by molar-refractivity contribution is 7.12. The molecule has 4 heterocycles. The van der Waals surface area contributed by atoms with E-state index in [-0.39, 0.29) is 17.9 Å². The maximum Gasteiger partial charge on any atom is 0.257 e. The van der Waals surface area contributed by atoms with Gasteiger partial charge in [0, 0.05) is 19.4 Å². The number of amides is 2. The van der Waals surface area contributed by atoms with Gasteiger partial charge in [0.25, 0.3) is 5.91 Å². The highest BCUT2D eigenvalue weighted by Gasteiger charge is 2.36. The van der Waals surface area contributed by atoms with Gasteiger partial charge in [0.05, 0.1) is 23.4 Å². The molecule has 2 aliphatic heterocycles. The third-order valence-corrected chi connectivity index (χ3v) is 6.52. The van der Waals surface area contributed by atoms with Crippen molar-refractivity contribution in [3.8, 4) is 0 Å². The van der Waals surface area contributed by atoms with Crippen molar-refractivity contribution in [3.05, 3.63) is 46.5 Å². The smallest absolute Gasteiger partial charge is 0.257 e. The van der Waals surface area contributed by atoms with Crippen LogP contribution in [0.3, 0.4) is 0 Å². The van der Waals surface area contributed by atoms with E-state index in [4.69, 9.17) is 10.2 Å². The van der Waals surface area contributed by atoms with Gasteiger partial charge in [-0.15, -0.1) is 11.3 Å². The van der Waals surface area contributed by atoms with Crippen molar-refractivity contribution in [2.75, 3.05) is 19.6 Å². The maximum absolute atomic E-state index is 13.2. The first-order chi connectivity index (χ1) is 14.1. The Morgan fingerprint density at radius 3 is 2.93 bits per heavy atom. The second kappa shape index (κ2) is 8.92. The summed E-state index contributed by atoms with van der Waals surface area (Å²) in [6, 6.07) is 7.57. The van der Waals surface area contributed by atoms with Gasteiger partial charge < -0.3 is 10.2 Å². The third kappa shape index (κ3) is 4.76. The Hall–Kier alpha value is -2.45. The number of furan rings is 1. The number of primary amides is 1. The second-order valence-corrected chi connectivity index (χ2v) is 8.69. The zero-order valence-corrected chi connectivity index (χ0v) is 17.1. The molecule has 2 unspecified atom stereocenters. The lowest BCUT2D eigenvalue weighted by Crippen LogP contribution is -2.43. The van der Waals surface area contributed by atoms with E-state index >= 15 is 0 Å². The van der Waals surface area contributed by atoms with Crippen LogP contribution in [-0.4, -0.2) is 47.1 Å². The molecule has 0 radical (unpaired) electrons. The molecule has 2 atom stereocenters. The maximum atomic E-state index is 13.2. The number of carbonyl (C=O) groups excluding carboxylic acids is 2. The lowest BCUT2D eigenvalue weighted by molar-refractivity contribution is -0.135. The predicted molar refractivity (Wildman–Crippen MR) is 111 cm³/mol. The van der Waals surface area contributed by atoms with E-state index in [1.54, 1.807) is 22.6 Å². The van der Waals surface area contributed by atoms with Gasteiger partial charge in [0.2, 0.25) is 5.91 Å². The molecule has 8 heteroatoms. The van der Waals surface area contributed by atoms with Crippen molar-refractivity contribution < 1.29 is 14.0 Å². The first-order valence-corrected chi connectivity index (χ1v) is 11.0. The topological polar surface area (TPSA) is 92.1 Å². The number of likely N-dealkylation sites (tertiary alicyclic amines) is 1. The average molecular weight is 415 g/mol. The largest absolute Gasteiger partial charge is 0.467 e. The van der Waals surface area contributed by atoms with Crippen LogP contribution in [0, 0.1) is 5.92 Å². The predicted octanol–water partition coefficient (Wildman–Crippen LogP) is 3.00. The van der Waals surface area contributed by atoms with Gasteiger partial charge in [0.15, 0.2) is 0 Å². The Kier molecular flexibility index (Phi) is 6.10. The number of rotatable bonds is 7. The zero-order chi connectivity index (χ0) is 20.2. The number of hydrazone groups is 1. The van der Waals surface area contributed by atoms with E-state index in [2.05, 4.69) is 10.0 Å². The van der Waals surface area contributed by atoms with Crippen molar-refractivity contribution >= 4 is 28.9 Å². The van der Waals surface area contributed by atoms with Crippen LogP contribution in [0.4, 0.5) is 0 Å². The average Bonchev–Trinajstić information content (AvgIpc) is 3.47. The van der Waals surface area contributed by atoms with Crippen molar-refractivity contribution in [1.82, 2.24) is 9.91 Å². The molecular formula is C21H26N4O3S. The molecule has 0 saturated carbocycles. The minimum atomic E-state index is -0.257. The van der Waals surface area contributed by atoms with Crippen molar-refractivity contribution in [3.63, 3.8) is 0 Å². The number of hydrogen-bond acceptors (Lipinski definition) is 6. The number of nitrogens with two attached hydrogens (primary N) is 1. The first kappa shape index (κ1) is 19.8. The summed E-state index contributed by atoms with van der Waals surface area (Å²) >= 11 is 1.63. The molecule has 2 aromatic rings. The molecule has 154 valence electrons. The molecule has 2 aromatic heterocycles. The summed E-state index contributed by atoms with van der Waals surface area (Å²) in [7, 11) is 0. The Labute approximate surface area is 174 Å². The van der Waals surface area contributed by atoms with Crippen LogP contribution in [0.25, 0.3) is 0 Å². The monoisotopic (exact) mass is 414 g/mol. The molecule has 0 aromatic carbocycles. The van der Waals surface area contributed by atoms with Crippen LogP contribution in [0.1, 0.15) is 48.8 Å². The minimum absolute atomic E-state index is 0.0199. The van der Waals surface area contributed by atoms with Crippen LogP contribution < -0.4 is 5.73 Å². The molecule has 1 fully saturated rings. The number of nitrogens with zero attached hydrogens (tertiary/aromatic N) is 3. The summed E-state index contributed by atoms with van der Waals surface area (Å²) in [5.41, 5.74) is 6.21. The molecular weight excluding hydrogens is 388 g/mol. The summed E-state index contributed by atoms with van der Waals surface area (Å²) in [6.07, 6.45) is 5.60. The summed E-state index contributed by atoms with van der Waals surface area (Å²) in [6.45, 7) is 2.03. The summed E-state index contributed by atoms with van der Waals surface area (Å²) in [4.78, 5) is 27.5. The minimum Gasteiger partial charge on any atom is -0.467 e. The Morgan fingerprint density at radius 1 is 1.31 bits per heavy atom. The molecule has 4 rings (SSSR count). The van der Waals surface area contributed by atoms with Crippen molar-refractivity contribution in [1.29, 1.82) is 0 Å². The highest BCUT2D eigenvalue weighted by atomic mass is 32.1. The van der Waals surface area contributed by atoms with Gasteiger partial charge in [-0.25, -0.2) is 5.01 Å². The van der Waals surface area contributed by atoms with E-state index in [1.807, 2.05) is 29.6 Å². The quantitative estimate of drug-likeness (QED) is 0.754. The third-order valence-electron chi connectivity index (χ3n) is 5.60. The van der Waals surface area contributed by atoms with E-state index in [9.17, 15) is 9.59 Å². The Bertz CT molecular complexity index is 863. The summed E-state index contributed by atoms with van der Waals surface area (Å²) in [5, 5.41) is 8.29. The fourth-order valence-electron chi connectivity index (χ4n) is 4.18. The van der Waals surface area contributed by atoms with Gasteiger partial charge in [-0.1, -0.05) is 6.07 Å². The van der Waals surface area contributed by atoms with E-state index in [0.29, 0.717) is 25.3 Å². The van der Waals surface area contributed by atoms with Gasteiger partial charge >= 0.3 is 0 Å². The normalized spacial score (nSPS) is 22.6. The zero-order valence-electron chi connectivity index (χ0n) is 16.3. The van der Waals surface area contributed by atoms with Gasteiger partial charge in [-0.05, 0) is 55.3 Å². The van der Waals surface area contributed by atoms with Gasteiger partial charge in [0.1, 0.15) is 11.8 Å². The highest BCUT2D eigenvalue weighted by Crippen LogP contribution is 2.34. The van der Waals surface area contributed by atoms with Crippen LogP contribution in [0.5, 0.6) is 0 Å². The molecule has 0 bridgehead atoms. The molecule has 0 aliphatic carbocycles. The molecule has 2 aliphatic rings. The Balaban J connectivity index is 1.44. The van der Waals surface area contributed by atoms with Crippen LogP contribution >= 0.6 is 11.3 Å². The standard InChI is InChI=1S/C21H26N4O3S/c22-20(26)8-7-15-4-1-9-24(13-15)14-21(27)25-17(18-5-2-10-28-18)12-16(23-25)19-6-3-11-29-19/h2-3,5-6,10-11,15,17H,1,4,7-9,12-14H2,(H2,22,26). The fourth-order valence-corrected chi connectivity index (χ4v) is 4.90. The summed E-state index contributed by atoms with van der Waals surface area (Å²) in [5.74, 6) is 0.890. The van der Waals surface area contributed by atoms with Crippen molar-refractivity contribution in [2.24, 2.45) is 16.8 Å². The van der Waals surface area contributed by atoms with E-state index in [1.165, 1.54) is 0 Å². The van der Waals surface area contributed by atoms with Crippen LogP contribution in [-0.2, 0) is 9.59 Å². The number of thiophene rings is 1. The summed E-state index contributed by atoms with van der Waals surface area (Å²) < 4.78 is 5.60. The Morgan fingerprint density at radius 2 is 2.21 bits per heavy atom. The van der Waals surface area contributed by atoms with Crippen LogP contribution in [0.15, 0.2) is 45.4 Å². The molecule has 2 amide bonds. The molecule has 2 N–H and O–H groups in total. The molecule has 29 heavy (non-hydrogen) atoms. The number of carbonyl (C=O) groups is 2. The van der Waals surface area contributed by atoms with Gasteiger partial charge in [-0.2, -0.15) is 5.10 Å². The lowest BCUT2D eigenvalue weighted by atomic mass is 9.93. The molecule has 7 nitrogen and oxygen atoms in total. The van der Waals surface area contributed by atoms with E-state index in [0.717, 1.165) is 48.7 Å². The number of hydrogen-bond donors (Lipinski definition) is 1. The lowest BCUT2D eigenvalue weighted by Gasteiger charge is -2.33. The van der Waals surface area contributed by atoms with E-state index < -0.39 is 0 Å². The van der Waals surface area contributed by atoms with Crippen LogP contribution in [0.2, 0.25) is 0 Å². The van der Waals surface area contributed by atoms with Crippen molar-refractivity contribution in [2.45, 2.75) is 38.1 Å². The van der Waals surface area contributed by atoms with Gasteiger partial charge in [-0.3, -0.25) is 14.5 Å².